The van der Waals surface area contributed by atoms with E-state index in [0.717, 1.165) is 93.0 Å². The smallest absolute Gasteiger partial charge is 0.387 e. The topological polar surface area (TPSA) is 108 Å². The highest BCUT2D eigenvalue weighted by atomic mass is 19.3. The maximum atomic E-state index is 13.0. The summed E-state index contributed by atoms with van der Waals surface area (Å²) in [4.78, 5) is 38.5. The fourth-order valence-corrected chi connectivity index (χ4v) is 9.72. The number of benzene rings is 2. The summed E-state index contributed by atoms with van der Waals surface area (Å²) in [5, 5.41) is 8.61. The molecule has 318 valence electrons. The van der Waals surface area contributed by atoms with Crippen molar-refractivity contribution in [3.8, 4) is 11.5 Å². The van der Waals surface area contributed by atoms with Crippen molar-refractivity contribution in [3.63, 3.8) is 0 Å². The predicted molar refractivity (Wildman–Crippen MR) is 229 cm³/mol. The van der Waals surface area contributed by atoms with Crippen LogP contribution < -0.4 is 29.5 Å². The maximum absolute atomic E-state index is 13.0. The SMILES string of the molecule is CCCC(C)N(C=O)c1cccc(N2CCC3(CCN(CC4CCC(n5cc6cc(NC(=O)c7cncc(OC(F)F)c7)c(OC)cc6n5)CC4)CC3)CC2)c1N(C)C. The number of likely N-dealkylation sites (tertiary alicyclic amines) is 1. The summed E-state index contributed by atoms with van der Waals surface area (Å²) >= 11 is 0. The third-order valence-electron chi connectivity index (χ3n) is 13.1. The van der Waals surface area contributed by atoms with Crippen molar-refractivity contribution in [2.75, 3.05) is 73.9 Å². The molecular formula is C45H60F2N8O4. The van der Waals surface area contributed by atoms with Crippen molar-refractivity contribution in [1.82, 2.24) is 19.7 Å². The lowest BCUT2D eigenvalue weighted by atomic mass is 9.71. The molecule has 14 heteroatoms. The number of aromatic nitrogens is 3. The van der Waals surface area contributed by atoms with Gasteiger partial charge in [0.05, 0.1) is 53.2 Å². The molecule has 1 unspecified atom stereocenters. The second kappa shape index (κ2) is 18.5. The number of fused-ring (bicyclic) bond motifs is 1. The van der Waals surface area contributed by atoms with Crippen molar-refractivity contribution < 1.29 is 27.8 Å². The van der Waals surface area contributed by atoms with E-state index in [0.29, 0.717) is 28.8 Å². The Morgan fingerprint density at radius 1 is 1.03 bits per heavy atom. The van der Waals surface area contributed by atoms with E-state index in [1.54, 1.807) is 0 Å². The number of pyridine rings is 1. The first-order valence-corrected chi connectivity index (χ1v) is 21.3. The number of rotatable bonds is 15. The summed E-state index contributed by atoms with van der Waals surface area (Å²) in [7, 11) is 5.70. The molecule has 3 aliphatic rings. The summed E-state index contributed by atoms with van der Waals surface area (Å²) < 4.78 is 37.4. The fraction of sp³-hybridized carbons (Fsp3) is 0.556. The molecule has 0 radical (unpaired) electrons. The fourth-order valence-electron chi connectivity index (χ4n) is 9.72. The van der Waals surface area contributed by atoms with Gasteiger partial charge in [0.15, 0.2) is 0 Å². The van der Waals surface area contributed by atoms with Crippen LogP contribution in [0, 0.1) is 11.3 Å². The zero-order chi connectivity index (χ0) is 41.7. The van der Waals surface area contributed by atoms with Crippen LogP contribution in [-0.4, -0.2) is 98.6 Å². The van der Waals surface area contributed by atoms with E-state index in [9.17, 15) is 18.4 Å². The number of carbonyl (C=O) groups excluding carboxylic acids is 2. The molecule has 2 aromatic carbocycles. The molecule has 1 aliphatic carbocycles. The van der Waals surface area contributed by atoms with E-state index in [1.165, 1.54) is 63.8 Å². The monoisotopic (exact) mass is 814 g/mol. The standard InChI is InChI=1S/C45H60F2N8O4/c1-6-8-31(2)54(30-56)40-10-7-9-39(42(40)51(3)4)53-21-17-45(18-22-53)15-19-52(20-16-45)28-32-11-13-35(14-12-32)55-29-34-24-38(41(58-5)25-37(34)50-55)49-43(57)33-23-36(27-48-26-33)59-44(46)47/h7,9-10,23-27,29-32,35,44H,6,8,11-22,28H2,1-5H3,(H,49,57). The van der Waals surface area contributed by atoms with Crippen molar-refractivity contribution in [1.29, 1.82) is 0 Å². The number of hydrogen-bond donors (Lipinski definition) is 1. The van der Waals surface area contributed by atoms with Gasteiger partial charge in [-0.2, -0.15) is 13.9 Å². The second-order valence-corrected chi connectivity index (χ2v) is 17.1. The number of nitrogens with one attached hydrogen (secondary N) is 1. The average molecular weight is 815 g/mol. The Morgan fingerprint density at radius 2 is 1.76 bits per heavy atom. The van der Waals surface area contributed by atoms with Gasteiger partial charge in [-0.05, 0) is 113 Å². The van der Waals surface area contributed by atoms with Gasteiger partial charge in [0.25, 0.3) is 5.91 Å². The minimum atomic E-state index is -3.01. The number of methoxy groups -OCH3 is 1. The van der Waals surface area contributed by atoms with Crippen LogP contribution in [0.25, 0.3) is 10.9 Å². The minimum absolute atomic E-state index is 0.0841. The molecule has 1 saturated carbocycles. The summed E-state index contributed by atoms with van der Waals surface area (Å²) in [5.74, 6) is 0.412. The van der Waals surface area contributed by atoms with Gasteiger partial charge in [0.1, 0.15) is 11.5 Å². The summed E-state index contributed by atoms with van der Waals surface area (Å²) in [6, 6.07) is 11.7. The molecule has 1 spiro atoms. The summed E-state index contributed by atoms with van der Waals surface area (Å²) in [6.07, 6.45) is 16.8. The van der Waals surface area contributed by atoms with Crippen LogP contribution in [0.1, 0.15) is 94.5 Å². The van der Waals surface area contributed by atoms with E-state index in [1.807, 2.05) is 23.2 Å². The van der Waals surface area contributed by atoms with Gasteiger partial charge in [-0.15, -0.1) is 0 Å². The molecule has 7 rings (SSSR count). The molecule has 3 fully saturated rings. The first-order chi connectivity index (χ1) is 28.5. The van der Waals surface area contributed by atoms with Crippen LogP contribution in [0.4, 0.5) is 31.5 Å². The minimum Gasteiger partial charge on any atom is -0.494 e. The zero-order valence-electron chi connectivity index (χ0n) is 35.2. The van der Waals surface area contributed by atoms with Gasteiger partial charge in [0.2, 0.25) is 6.41 Å². The molecular weight excluding hydrogens is 755 g/mol. The maximum Gasteiger partial charge on any atom is 0.387 e. The number of carbonyl (C=O) groups is 2. The van der Waals surface area contributed by atoms with Gasteiger partial charge < -0.3 is 34.4 Å². The molecule has 4 heterocycles. The van der Waals surface area contributed by atoms with Crippen LogP contribution in [0.2, 0.25) is 0 Å². The highest BCUT2D eigenvalue weighted by Gasteiger charge is 2.39. The van der Waals surface area contributed by atoms with Crippen LogP contribution in [0.5, 0.6) is 11.5 Å². The number of para-hydroxylation sites is 1. The van der Waals surface area contributed by atoms with Gasteiger partial charge in [-0.25, -0.2) is 0 Å². The lowest BCUT2D eigenvalue weighted by Crippen LogP contribution is -2.48. The molecule has 2 saturated heterocycles. The Labute approximate surface area is 346 Å². The number of piperidine rings is 2. The number of amides is 2. The Morgan fingerprint density at radius 3 is 2.42 bits per heavy atom. The van der Waals surface area contributed by atoms with E-state index < -0.39 is 12.5 Å². The van der Waals surface area contributed by atoms with Crippen molar-refractivity contribution >= 4 is 46.0 Å². The van der Waals surface area contributed by atoms with Crippen molar-refractivity contribution in [3.05, 3.63) is 60.6 Å². The lowest BCUT2D eigenvalue weighted by Gasteiger charge is -2.48. The van der Waals surface area contributed by atoms with E-state index in [-0.39, 0.29) is 17.4 Å². The Bertz CT molecular complexity index is 2050. The highest BCUT2D eigenvalue weighted by molar-refractivity contribution is 6.06. The Balaban J connectivity index is 0.903. The molecule has 4 aromatic rings. The number of halogens is 2. The third kappa shape index (κ3) is 9.58. The van der Waals surface area contributed by atoms with Gasteiger partial charge >= 0.3 is 6.61 Å². The molecule has 59 heavy (non-hydrogen) atoms. The first kappa shape index (κ1) is 42.2. The molecule has 0 bridgehead atoms. The zero-order valence-corrected chi connectivity index (χ0v) is 35.2. The van der Waals surface area contributed by atoms with Gasteiger partial charge in [-0.3, -0.25) is 19.3 Å². The first-order valence-electron chi connectivity index (χ1n) is 21.3. The van der Waals surface area contributed by atoms with Crippen LogP contribution >= 0.6 is 0 Å². The normalized spacial score (nSPS) is 20.1. The highest BCUT2D eigenvalue weighted by Crippen LogP contribution is 2.46. The number of anilines is 4. The average Bonchev–Trinajstić information content (AvgIpc) is 3.65. The van der Waals surface area contributed by atoms with Gasteiger partial charge in [0, 0.05) is 63.6 Å². The number of alkyl halides is 2. The summed E-state index contributed by atoms with van der Waals surface area (Å²) in [5.41, 5.74) is 5.07. The van der Waals surface area contributed by atoms with Crippen LogP contribution in [0.15, 0.2) is 55.0 Å². The third-order valence-corrected chi connectivity index (χ3v) is 13.1. The molecule has 2 amide bonds. The quantitative estimate of drug-likeness (QED) is 0.118. The second-order valence-electron chi connectivity index (χ2n) is 17.1. The largest absolute Gasteiger partial charge is 0.494 e. The molecule has 12 nitrogen and oxygen atoms in total. The van der Waals surface area contributed by atoms with Crippen LogP contribution in [-0.2, 0) is 4.79 Å². The van der Waals surface area contributed by atoms with E-state index in [4.69, 9.17) is 9.84 Å². The number of ether oxygens (including phenoxy) is 2. The summed E-state index contributed by atoms with van der Waals surface area (Å²) in [6.45, 7) is 6.86. The Kier molecular flexibility index (Phi) is 13.2. The van der Waals surface area contributed by atoms with E-state index >= 15 is 0 Å². The molecule has 2 aromatic heterocycles. The lowest BCUT2D eigenvalue weighted by molar-refractivity contribution is -0.107. The molecule has 1 N–H and O–H groups in total. The molecule has 1 atom stereocenters. The molecule has 2 aliphatic heterocycles. The number of hydrogen-bond acceptors (Lipinski definition) is 9. The predicted octanol–water partition coefficient (Wildman–Crippen LogP) is 8.62. The number of nitrogens with zero attached hydrogens (tertiary/aromatic N) is 7. The van der Waals surface area contributed by atoms with Crippen LogP contribution in [0.3, 0.4) is 0 Å². The van der Waals surface area contributed by atoms with Gasteiger partial charge in [-0.1, -0.05) is 19.4 Å². The van der Waals surface area contributed by atoms with Crippen molar-refractivity contribution in [2.24, 2.45) is 11.3 Å². The van der Waals surface area contributed by atoms with Crippen molar-refractivity contribution in [2.45, 2.75) is 96.8 Å². The Hall–Kier alpha value is -4.98. The van der Waals surface area contributed by atoms with E-state index in [2.05, 4.69) is 80.6 Å².